The molecule has 0 spiro atoms. The third kappa shape index (κ3) is 4.44. The van der Waals surface area contributed by atoms with Crippen LogP contribution in [0.3, 0.4) is 0 Å². The summed E-state index contributed by atoms with van der Waals surface area (Å²) in [6.07, 6.45) is 2.19. The van der Waals surface area contributed by atoms with Crippen LogP contribution in [0.15, 0.2) is 54.7 Å². The molecule has 2 aromatic rings. The molecule has 1 aliphatic heterocycles. The molecule has 5 heteroatoms. The number of para-hydroxylation sites is 2. The minimum Gasteiger partial charge on any atom is -0.455 e. The van der Waals surface area contributed by atoms with Gasteiger partial charge in [0, 0.05) is 21.7 Å². The largest absolute Gasteiger partial charge is 0.455 e. The maximum atomic E-state index is 6.04. The highest BCUT2D eigenvalue weighted by molar-refractivity contribution is 6.34. The van der Waals surface area contributed by atoms with Gasteiger partial charge in [0.1, 0.15) is 5.75 Å². The summed E-state index contributed by atoms with van der Waals surface area (Å²) >= 11 is 12.1. The minimum atomic E-state index is 0.472. The lowest BCUT2D eigenvalue weighted by Crippen LogP contribution is -2.29. The third-order valence-corrected chi connectivity index (χ3v) is 4.51. The fourth-order valence-electron chi connectivity index (χ4n) is 2.82. The maximum Gasteiger partial charge on any atom is 0.150 e. The van der Waals surface area contributed by atoms with Crippen LogP contribution in [-0.4, -0.2) is 13.1 Å². The number of anilines is 1. The van der Waals surface area contributed by atoms with E-state index < -0.39 is 0 Å². The summed E-state index contributed by atoms with van der Waals surface area (Å²) in [5.74, 6) is 1.79. The van der Waals surface area contributed by atoms with Crippen molar-refractivity contribution >= 4 is 28.9 Å². The fraction of sp³-hybridized carbons (Fsp3) is 0.263. The van der Waals surface area contributed by atoms with E-state index in [1.807, 2.05) is 24.3 Å². The van der Waals surface area contributed by atoms with Crippen LogP contribution in [0.2, 0.25) is 10.0 Å². The van der Waals surface area contributed by atoms with E-state index in [4.69, 9.17) is 27.9 Å². The van der Waals surface area contributed by atoms with E-state index in [0.717, 1.165) is 37.3 Å². The van der Waals surface area contributed by atoms with Crippen LogP contribution < -0.4 is 15.4 Å². The molecule has 0 saturated carbocycles. The lowest BCUT2D eigenvalue weighted by atomic mass is 9.95. The van der Waals surface area contributed by atoms with Gasteiger partial charge in [-0.15, -0.1) is 0 Å². The van der Waals surface area contributed by atoms with Crippen LogP contribution in [0.5, 0.6) is 11.5 Å². The van der Waals surface area contributed by atoms with Crippen molar-refractivity contribution in [2.45, 2.75) is 12.8 Å². The van der Waals surface area contributed by atoms with E-state index in [9.17, 15) is 0 Å². The predicted octanol–water partition coefficient (Wildman–Crippen LogP) is 5.71. The number of halogens is 2. The standard InChI is InChI=1S/C19H20Cl2N2O/c1-13(14-6-8-22-9-7-14)23-18-4-2-3-5-19(18)24-17-11-15(20)10-16(21)12-17/h2-5,10-12,14,22-23H,1,6-9H2. The van der Waals surface area contributed by atoms with Crippen LogP contribution >= 0.6 is 23.2 Å². The van der Waals surface area contributed by atoms with Gasteiger partial charge in [-0.05, 0) is 56.3 Å². The molecule has 1 saturated heterocycles. The number of benzene rings is 2. The summed E-state index contributed by atoms with van der Waals surface area (Å²) in [7, 11) is 0. The lowest BCUT2D eigenvalue weighted by Gasteiger charge is -2.26. The molecule has 3 rings (SSSR count). The van der Waals surface area contributed by atoms with Crippen LogP contribution in [0.1, 0.15) is 12.8 Å². The first-order chi connectivity index (χ1) is 11.6. The molecule has 126 valence electrons. The Labute approximate surface area is 152 Å². The Bertz CT molecular complexity index is 707. The second kappa shape index (κ2) is 7.93. The minimum absolute atomic E-state index is 0.472. The quantitative estimate of drug-likeness (QED) is 0.714. The second-order valence-electron chi connectivity index (χ2n) is 5.88. The molecule has 0 amide bonds. The van der Waals surface area contributed by atoms with Gasteiger partial charge in [0.25, 0.3) is 0 Å². The van der Waals surface area contributed by atoms with E-state index in [2.05, 4.69) is 17.2 Å². The van der Waals surface area contributed by atoms with Gasteiger partial charge >= 0.3 is 0 Å². The van der Waals surface area contributed by atoms with Crippen molar-refractivity contribution in [2.75, 3.05) is 18.4 Å². The summed E-state index contributed by atoms with van der Waals surface area (Å²) in [6, 6.07) is 13.0. The summed E-state index contributed by atoms with van der Waals surface area (Å²) in [4.78, 5) is 0. The molecule has 0 atom stereocenters. The number of rotatable bonds is 5. The van der Waals surface area contributed by atoms with Gasteiger partial charge in [0.05, 0.1) is 5.69 Å². The zero-order chi connectivity index (χ0) is 16.9. The van der Waals surface area contributed by atoms with Crippen molar-refractivity contribution in [3.05, 3.63) is 64.8 Å². The van der Waals surface area contributed by atoms with Crippen LogP contribution in [-0.2, 0) is 0 Å². The number of hydrogen-bond acceptors (Lipinski definition) is 3. The highest BCUT2D eigenvalue weighted by Gasteiger charge is 2.17. The molecule has 24 heavy (non-hydrogen) atoms. The first-order valence-corrected chi connectivity index (χ1v) is 8.77. The molecular formula is C19H20Cl2N2O. The molecule has 0 unspecified atom stereocenters. The van der Waals surface area contributed by atoms with Gasteiger partial charge in [0.2, 0.25) is 0 Å². The number of nitrogens with one attached hydrogen (secondary N) is 2. The molecule has 3 nitrogen and oxygen atoms in total. The predicted molar refractivity (Wildman–Crippen MR) is 101 cm³/mol. The summed E-state index contributed by atoms with van der Waals surface area (Å²) < 4.78 is 5.97. The number of piperidine rings is 1. The van der Waals surface area contributed by atoms with Crippen molar-refractivity contribution in [3.63, 3.8) is 0 Å². The molecule has 0 bridgehead atoms. The molecule has 1 fully saturated rings. The van der Waals surface area contributed by atoms with E-state index in [1.54, 1.807) is 18.2 Å². The van der Waals surface area contributed by atoms with Gasteiger partial charge in [-0.25, -0.2) is 0 Å². The van der Waals surface area contributed by atoms with Crippen molar-refractivity contribution in [3.8, 4) is 11.5 Å². The van der Waals surface area contributed by atoms with Crippen molar-refractivity contribution in [1.82, 2.24) is 5.32 Å². The summed E-state index contributed by atoms with van der Waals surface area (Å²) in [6.45, 7) is 6.28. The number of ether oxygens (including phenoxy) is 1. The second-order valence-corrected chi connectivity index (χ2v) is 6.75. The lowest BCUT2D eigenvalue weighted by molar-refractivity contribution is 0.421. The maximum absolute atomic E-state index is 6.04. The Balaban J connectivity index is 1.76. The Morgan fingerprint density at radius 1 is 1.08 bits per heavy atom. The number of hydrogen-bond donors (Lipinski definition) is 2. The Kier molecular flexibility index (Phi) is 5.67. The first-order valence-electron chi connectivity index (χ1n) is 8.01. The normalized spacial score (nSPS) is 15.1. The molecule has 2 N–H and O–H groups in total. The van der Waals surface area contributed by atoms with Crippen LogP contribution in [0, 0.1) is 5.92 Å². The van der Waals surface area contributed by atoms with E-state index >= 15 is 0 Å². The molecule has 0 aromatic heterocycles. The zero-order valence-electron chi connectivity index (χ0n) is 13.3. The fourth-order valence-corrected chi connectivity index (χ4v) is 3.32. The molecule has 2 aromatic carbocycles. The van der Waals surface area contributed by atoms with Crippen molar-refractivity contribution in [1.29, 1.82) is 0 Å². The van der Waals surface area contributed by atoms with Crippen LogP contribution in [0.4, 0.5) is 5.69 Å². The molecule has 1 heterocycles. The van der Waals surface area contributed by atoms with Gasteiger partial charge < -0.3 is 15.4 Å². The van der Waals surface area contributed by atoms with Gasteiger partial charge in [-0.3, -0.25) is 0 Å². The highest BCUT2D eigenvalue weighted by Crippen LogP contribution is 2.34. The van der Waals surface area contributed by atoms with E-state index in [1.165, 1.54) is 0 Å². The summed E-state index contributed by atoms with van der Waals surface area (Å²) in [5, 5.41) is 7.87. The van der Waals surface area contributed by atoms with E-state index in [-0.39, 0.29) is 0 Å². The highest BCUT2D eigenvalue weighted by atomic mass is 35.5. The molecule has 0 aliphatic carbocycles. The Morgan fingerprint density at radius 2 is 1.75 bits per heavy atom. The van der Waals surface area contributed by atoms with Crippen molar-refractivity contribution in [2.24, 2.45) is 5.92 Å². The smallest absolute Gasteiger partial charge is 0.150 e. The molecule has 0 radical (unpaired) electrons. The number of allylic oxidation sites excluding steroid dienone is 1. The Morgan fingerprint density at radius 3 is 2.46 bits per heavy atom. The monoisotopic (exact) mass is 362 g/mol. The molecular weight excluding hydrogens is 343 g/mol. The summed E-state index contributed by atoms with van der Waals surface area (Å²) in [5.41, 5.74) is 1.91. The first kappa shape index (κ1) is 17.2. The van der Waals surface area contributed by atoms with Crippen molar-refractivity contribution < 1.29 is 4.74 Å². The van der Waals surface area contributed by atoms with Crippen LogP contribution in [0.25, 0.3) is 0 Å². The SMILES string of the molecule is C=C(Nc1ccccc1Oc1cc(Cl)cc(Cl)c1)C1CCNCC1. The van der Waals surface area contributed by atoms with E-state index in [0.29, 0.717) is 27.5 Å². The Hall–Kier alpha value is -1.68. The third-order valence-electron chi connectivity index (χ3n) is 4.08. The zero-order valence-corrected chi connectivity index (χ0v) is 14.8. The van der Waals surface area contributed by atoms with Gasteiger partial charge in [-0.2, -0.15) is 0 Å². The topological polar surface area (TPSA) is 33.3 Å². The average molecular weight is 363 g/mol. The van der Waals surface area contributed by atoms with Gasteiger partial charge in [0.15, 0.2) is 5.75 Å². The molecule has 1 aliphatic rings. The van der Waals surface area contributed by atoms with Gasteiger partial charge in [-0.1, -0.05) is 41.9 Å². The average Bonchev–Trinajstić information content (AvgIpc) is 2.56.